The summed E-state index contributed by atoms with van der Waals surface area (Å²) >= 11 is 0. The lowest BCUT2D eigenvalue weighted by Crippen LogP contribution is -2.33. The van der Waals surface area contributed by atoms with E-state index in [1.807, 2.05) is 30.0 Å². The van der Waals surface area contributed by atoms with Gasteiger partial charge in [-0.25, -0.2) is 9.97 Å². The van der Waals surface area contributed by atoms with E-state index in [4.69, 9.17) is 4.74 Å². The van der Waals surface area contributed by atoms with Gasteiger partial charge in [-0.2, -0.15) is 0 Å². The third-order valence-electron chi connectivity index (χ3n) is 4.24. The maximum atomic E-state index is 5.44. The van der Waals surface area contributed by atoms with Crippen molar-refractivity contribution in [1.29, 1.82) is 0 Å². The van der Waals surface area contributed by atoms with E-state index in [2.05, 4.69) is 28.3 Å². The minimum Gasteiger partial charge on any atom is -0.383 e. The maximum absolute atomic E-state index is 5.44. The number of imidazole rings is 1. The molecular formula is C16H22N4O. The van der Waals surface area contributed by atoms with E-state index >= 15 is 0 Å². The van der Waals surface area contributed by atoms with Gasteiger partial charge >= 0.3 is 0 Å². The Morgan fingerprint density at radius 1 is 1.29 bits per heavy atom. The van der Waals surface area contributed by atoms with E-state index in [0.717, 1.165) is 49.9 Å². The highest BCUT2D eigenvalue weighted by molar-refractivity contribution is 5.44. The molecule has 1 aliphatic heterocycles. The van der Waals surface area contributed by atoms with Crippen LogP contribution in [0, 0.1) is 12.3 Å². The number of pyridine rings is 1. The smallest absolute Gasteiger partial charge is 0.138 e. The highest BCUT2D eigenvalue weighted by Crippen LogP contribution is 2.29. The normalized spacial score (nSPS) is 17.6. The molecule has 0 saturated carbocycles. The van der Waals surface area contributed by atoms with Crippen LogP contribution in [0.4, 0.5) is 5.69 Å². The van der Waals surface area contributed by atoms with Gasteiger partial charge in [-0.3, -0.25) is 4.57 Å². The third-order valence-corrected chi connectivity index (χ3v) is 4.24. The third kappa shape index (κ3) is 3.24. The minimum atomic E-state index is 0.317. The first-order chi connectivity index (χ1) is 10.2. The van der Waals surface area contributed by atoms with E-state index < -0.39 is 0 Å². The molecule has 3 rings (SSSR count). The molecule has 2 aromatic heterocycles. The summed E-state index contributed by atoms with van der Waals surface area (Å²) in [4.78, 5) is 8.72. The number of ether oxygens (including phenoxy) is 1. The number of nitrogens with zero attached hydrogens (tertiary/aromatic N) is 3. The summed E-state index contributed by atoms with van der Waals surface area (Å²) in [5, 5.41) is 3.50. The Morgan fingerprint density at radius 2 is 2.10 bits per heavy atom. The second kappa shape index (κ2) is 5.85. The van der Waals surface area contributed by atoms with Crippen LogP contribution in [0.1, 0.15) is 25.6 Å². The van der Waals surface area contributed by atoms with Crippen molar-refractivity contribution >= 4 is 5.69 Å². The quantitative estimate of drug-likeness (QED) is 0.939. The van der Waals surface area contributed by atoms with Crippen LogP contribution < -0.4 is 5.32 Å². The molecule has 0 aliphatic carbocycles. The Bertz CT molecular complexity index is 585. The van der Waals surface area contributed by atoms with Crippen molar-refractivity contribution < 1.29 is 4.74 Å². The van der Waals surface area contributed by atoms with Gasteiger partial charge in [0.05, 0.1) is 11.9 Å². The highest BCUT2D eigenvalue weighted by atomic mass is 16.5. The van der Waals surface area contributed by atoms with E-state index in [9.17, 15) is 0 Å². The Labute approximate surface area is 125 Å². The molecule has 3 heterocycles. The Morgan fingerprint density at radius 3 is 2.71 bits per heavy atom. The molecular weight excluding hydrogens is 264 g/mol. The van der Waals surface area contributed by atoms with E-state index in [-0.39, 0.29) is 0 Å². The summed E-state index contributed by atoms with van der Waals surface area (Å²) in [6.45, 7) is 6.99. The number of hydrogen-bond acceptors (Lipinski definition) is 4. The number of hydrogen-bond donors (Lipinski definition) is 1. The largest absolute Gasteiger partial charge is 0.383 e. The Kier molecular flexibility index (Phi) is 3.92. The van der Waals surface area contributed by atoms with Gasteiger partial charge in [0.1, 0.15) is 11.6 Å². The summed E-state index contributed by atoms with van der Waals surface area (Å²) in [6.07, 6.45) is 7.82. The molecule has 5 nitrogen and oxygen atoms in total. The fraction of sp³-hybridized carbons (Fsp3) is 0.500. The first kappa shape index (κ1) is 14.1. The molecule has 0 aromatic carbocycles. The van der Waals surface area contributed by atoms with Gasteiger partial charge in [0.2, 0.25) is 0 Å². The lowest BCUT2D eigenvalue weighted by Gasteiger charge is -2.33. The SMILES string of the molecule is Cc1nccn1-c1ccc(NCC2(C)CCOCC2)cn1. The number of anilines is 1. The molecule has 112 valence electrons. The van der Waals surface area contributed by atoms with Crippen molar-refractivity contribution in [1.82, 2.24) is 14.5 Å². The summed E-state index contributed by atoms with van der Waals surface area (Å²) in [7, 11) is 0. The zero-order valence-corrected chi connectivity index (χ0v) is 12.7. The fourth-order valence-corrected chi connectivity index (χ4v) is 2.61. The second-order valence-corrected chi connectivity index (χ2v) is 6.03. The molecule has 21 heavy (non-hydrogen) atoms. The van der Waals surface area contributed by atoms with Crippen LogP contribution in [0.25, 0.3) is 5.82 Å². The van der Waals surface area contributed by atoms with Crippen LogP contribution >= 0.6 is 0 Å². The van der Waals surface area contributed by atoms with Gasteiger partial charge in [-0.15, -0.1) is 0 Å². The molecule has 1 fully saturated rings. The minimum absolute atomic E-state index is 0.317. The summed E-state index contributed by atoms with van der Waals surface area (Å²) < 4.78 is 7.41. The number of aromatic nitrogens is 3. The monoisotopic (exact) mass is 286 g/mol. The summed E-state index contributed by atoms with van der Waals surface area (Å²) in [5.74, 6) is 1.84. The maximum Gasteiger partial charge on any atom is 0.138 e. The van der Waals surface area contributed by atoms with Gasteiger partial charge in [-0.1, -0.05) is 6.92 Å². The van der Waals surface area contributed by atoms with Crippen molar-refractivity contribution in [3.05, 3.63) is 36.5 Å². The number of rotatable bonds is 4. The van der Waals surface area contributed by atoms with Crippen molar-refractivity contribution in [2.75, 3.05) is 25.1 Å². The van der Waals surface area contributed by atoms with Crippen LogP contribution in [-0.2, 0) is 4.74 Å². The number of nitrogens with one attached hydrogen (secondary N) is 1. The molecule has 0 unspecified atom stereocenters. The standard InChI is InChI=1S/C16H22N4O/c1-13-17-7-8-20(13)15-4-3-14(11-18-15)19-12-16(2)5-9-21-10-6-16/h3-4,7-8,11,19H,5-6,9-10,12H2,1-2H3. The van der Waals surface area contributed by atoms with Crippen LogP contribution in [0.5, 0.6) is 0 Å². The molecule has 1 aliphatic rings. The molecule has 5 heteroatoms. The second-order valence-electron chi connectivity index (χ2n) is 6.03. The summed E-state index contributed by atoms with van der Waals surface area (Å²) in [5.41, 5.74) is 1.38. The summed E-state index contributed by atoms with van der Waals surface area (Å²) in [6, 6.07) is 4.09. The van der Waals surface area contributed by atoms with Crippen LogP contribution in [0.15, 0.2) is 30.7 Å². The lowest BCUT2D eigenvalue weighted by atomic mass is 9.82. The predicted molar refractivity (Wildman–Crippen MR) is 82.7 cm³/mol. The van der Waals surface area contributed by atoms with Gasteiger partial charge in [0.25, 0.3) is 0 Å². The van der Waals surface area contributed by atoms with Crippen LogP contribution in [0.3, 0.4) is 0 Å². The zero-order valence-electron chi connectivity index (χ0n) is 12.7. The first-order valence-corrected chi connectivity index (χ1v) is 7.44. The van der Waals surface area contributed by atoms with Gasteiger partial charge < -0.3 is 10.1 Å². The van der Waals surface area contributed by atoms with E-state index in [1.54, 1.807) is 6.20 Å². The van der Waals surface area contributed by atoms with Crippen molar-refractivity contribution in [3.63, 3.8) is 0 Å². The topological polar surface area (TPSA) is 52.0 Å². The van der Waals surface area contributed by atoms with Gasteiger partial charge in [0, 0.05) is 32.2 Å². The Balaban J connectivity index is 1.63. The Hall–Kier alpha value is -1.88. The molecule has 1 N–H and O–H groups in total. The van der Waals surface area contributed by atoms with Crippen molar-refractivity contribution in [2.45, 2.75) is 26.7 Å². The highest BCUT2D eigenvalue weighted by Gasteiger charge is 2.26. The molecule has 0 atom stereocenters. The first-order valence-electron chi connectivity index (χ1n) is 7.44. The molecule has 0 amide bonds. The van der Waals surface area contributed by atoms with Crippen molar-refractivity contribution in [3.8, 4) is 5.82 Å². The average molecular weight is 286 g/mol. The predicted octanol–water partition coefficient (Wildman–Crippen LogP) is 2.80. The van der Waals surface area contributed by atoms with Crippen LogP contribution in [-0.4, -0.2) is 34.3 Å². The van der Waals surface area contributed by atoms with E-state index in [0.29, 0.717) is 5.41 Å². The molecule has 0 radical (unpaired) electrons. The zero-order chi connectivity index (χ0) is 14.7. The number of aryl methyl sites for hydroxylation is 1. The van der Waals surface area contributed by atoms with E-state index in [1.165, 1.54) is 0 Å². The molecule has 0 spiro atoms. The lowest BCUT2D eigenvalue weighted by molar-refractivity contribution is 0.0300. The molecule has 0 bridgehead atoms. The molecule has 1 saturated heterocycles. The fourth-order valence-electron chi connectivity index (χ4n) is 2.61. The van der Waals surface area contributed by atoms with Gasteiger partial charge in [0.15, 0.2) is 0 Å². The van der Waals surface area contributed by atoms with Gasteiger partial charge in [-0.05, 0) is 37.3 Å². The average Bonchev–Trinajstić information content (AvgIpc) is 2.93. The van der Waals surface area contributed by atoms with Crippen molar-refractivity contribution in [2.24, 2.45) is 5.41 Å². The van der Waals surface area contributed by atoms with Crippen LogP contribution in [0.2, 0.25) is 0 Å². The molecule has 2 aromatic rings.